The molecule has 0 amide bonds. The van der Waals surface area contributed by atoms with Crippen LogP contribution in [0.15, 0.2) is 46.4 Å². The maximum absolute atomic E-state index is 12.8. The first-order chi connectivity index (χ1) is 8.16. The Balaban J connectivity index is 2.04. The lowest BCUT2D eigenvalue weighted by Crippen LogP contribution is -2.21. The van der Waals surface area contributed by atoms with E-state index in [-0.39, 0.29) is 17.1 Å². The molecule has 3 nitrogen and oxygen atoms in total. The molecule has 0 bridgehead atoms. The summed E-state index contributed by atoms with van der Waals surface area (Å²) in [5.41, 5.74) is 6.99. The third kappa shape index (κ3) is 3.08. The minimum atomic E-state index is -0.256. The van der Waals surface area contributed by atoms with E-state index < -0.39 is 0 Å². The molecule has 0 fully saturated rings. The summed E-state index contributed by atoms with van der Waals surface area (Å²) in [6.45, 7) is 1.99. The van der Waals surface area contributed by atoms with Crippen molar-refractivity contribution in [2.24, 2.45) is 5.73 Å². The molecule has 1 heterocycles. The monoisotopic (exact) mass is 252 g/mol. The normalized spacial score (nSPS) is 14.5. The van der Waals surface area contributed by atoms with Gasteiger partial charge in [0.25, 0.3) is 5.22 Å². The lowest BCUT2D eigenvalue weighted by molar-refractivity contribution is 0.452. The van der Waals surface area contributed by atoms with Gasteiger partial charge in [0.2, 0.25) is 0 Å². The summed E-state index contributed by atoms with van der Waals surface area (Å²) in [5, 5.41) is 0.689. The highest BCUT2D eigenvalue weighted by atomic mass is 32.2. The predicted octanol–water partition coefficient (Wildman–Crippen LogP) is 2.99. The maximum atomic E-state index is 12.8. The van der Waals surface area contributed by atoms with Crippen LogP contribution in [0.3, 0.4) is 0 Å². The van der Waals surface area contributed by atoms with Crippen molar-refractivity contribution >= 4 is 11.8 Å². The van der Waals surface area contributed by atoms with Crippen LogP contribution >= 0.6 is 11.8 Å². The van der Waals surface area contributed by atoms with Crippen LogP contribution < -0.4 is 5.73 Å². The number of oxazole rings is 1. The molecule has 2 aromatic rings. The molecule has 0 saturated heterocycles. The molecular formula is C12H13FN2OS. The van der Waals surface area contributed by atoms with Crippen molar-refractivity contribution in [2.75, 3.05) is 0 Å². The van der Waals surface area contributed by atoms with Crippen molar-refractivity contribution in [3.63, 3.8) is 0 Å². The zero-order chi connectivity index (χ0) is 12.3. The molecule has 0 aliphatic heterocycles. The number of rotatable bonds is 4. The molecule has 2 atom stereocenters. The van der Waals surface area contributed by atoms with Gasteiger partial charge in [-0.3, -0.25) is 0 Å². The third-order valence-corrected chi connectivity index (χ3v) is 3.53. The van der Waals surface area contributed by atoms with Gasteiger partial charge in [-0.15, -0.1) is 0 Å². The fraction of sp³-hybridized carbons (Fsp3) is 0.250. The summed E-state index contributed by atoms with van der Waals surface area (Å²) in [6.07, 6.45) is 3.12. The van der Waals surface area contributed by atoms with Gasteiger partial charge in [0, 0.05) is 11.3 Å². The van der Waals surface area contributed by atoms with E-state index in [0.29, 0.717) is 5.22 Å². The van der Waals surface area contributed by atoms with Crippen molar-refractivity contribution in [3.8, 4) is 0 Å². The van der Waals surface area contributed by atoms with E-state index in [4.69, 9.17) is 10.2 Å². The smallest absolute Gasteiger partial charge is 0.255 e. The van der Waals surface area contributed by atoms with Crippen LogP contribution in [0.25, 0.3) is 0 Å². The molecule has 90 valence electrons. The lowest BCUT2D eigenvalue weighted by atomic mass is 10.1. The summed E-state index contributed by atoms with van der Waals surface area (Å²) in [7, 11) is 0. The second-order valence-corrected chi connectivity index (χ2v) is 5.03. The second kappa shape index (κ2) is 5.33. The minimum absolute atomic E-state index is 0.0964. The first-order valence-electron chi connectivity index (χ1n) is 5.24. The van der Waals surface area contributed by atoms with Crippen molar-refractivity contribution in [3.05, 3.63) is 48.1 Å². The molecule has 1 aromatic carbocycles. The van der Waals surface area contributed by atoms with E-state index in [0.717, 1.165) is 5.56 Å². The third-order valence-electron chi connectivity index (χ3n) is 2.46. The highest BCUT2D eigenvalue weighted by molar-refractivity contribution is 7.99. The van der Waals surface area contributed by atoms with Gasteiger partial charge in [-0.25, -0.2) is 9.37 Å². The summed E-state index contributed by atoms with van der Waals surface area (Å²) < 4.78 is 17.9. The summed E-state index contributed by atoms with van der Waals surface area (Å²) in [6, 6.07) is 6.04. The Hall–Kier alpha value is -1.33. The van der Waals surface area contributed by atoms with E-state index >= 15 is 0 Å². The minimum Gasteiger partial charge on any atom is -0.440 e. The van der Waals surface area contributed by atoms with Gasteiger partial charge in [0.1, 0.15) is 12.1 Å². The molecule has 0 aliphatic carbocycles. The van der Waals surface area contributed by atoms with E-state index in [1.165, 1.54) is 30.2 Å². The van der Waals surface area contributed by atoms with Crippen LogP contribution in [0.1, 0.15) is 18.5 Å². The van der Waals surface area contributed by atoms with E-state index in [1.807, 2.05) is 6.92 Å². The fourth-order valence-corrected chi connectivity index (χ4v) is 2.31. The van der Waals surface area contributed by atoms with Crippen LogP contribution in [0.4, 0.5) is 4.39 Å². The van der Waals surface area contributed by atoms with Gasteiger partial charge >= 0.3 is 0 Å². The van der Waals surface area contributed by atoms with Crippen LogP contribution in [0, 0.1) is 5.82 Å². The van der Waals surface area contributed by atoms with Gasteiger partial charge in [-0.1, -0.05) is 30.8 Å². The lowest BCUT2D eigenvalue weighted by Gasteiger charge is -2.18. The van der Waals surface area contributed by atoms with E-state index in [9.17, 15) is 4.39 Å². The SMILES string of the molecule is CC(Sc1ncco1)C(N)c1ccc(F)cc1. The number of hydrogen-bond acceptors (Lipinski definition) is 4. The number of thioether (sulfide) groups is 1. The molecule has 1 aromatic heterocycles. The number of hydrogen-bond donors (Lipinski definition) is 1. The van der Waals surface area contributed by atoms with Gasteiger partial charge in [0.05, 0.1) is 6.20 Å². The molecule has 2 unspecified atom stereocenters. The fourth-order valence-electron chi connectivity index (χ4n) is 1.46. The molecule has 5 heteroatoms. The van der Waals surface area contributed by atoms with Crippen molar-refractivity contribution < 1.29 is 8.81 Å². The van der Waals surface area contributed by atoms with E-state index in [2.05, 4.69) is 4.98 Å². The molecule has 0 saturated carbocycles. The topological polar surface area (TPSA) is 52.0 Å². The first kappa shape index (κ1) is 12.1. The van der Waals surface area contributed by atoms with Crippen LogP contribution in [-0.2, 0) is 0 Å². The Morgan fingerprint density at radius 2 is 2.06 bits per heavy atom. The average molecular weight is 252 g/mol. The average Bonchev–Trinajstić information content (AvgIpc) is 2.82. The maximum Gasteiger partial charge on any atom is 0.255 e. The Morgan fingerprint density at radius 1 is 1.35 bits per heavy atom. The Morgan fingerprint density at radius 3 is 2.65 bits per heavy atom. The first-order valence-corrected chi connectivity index (χ1v) is 6.12. The summed E-state index contributed by atoms with van der Waals surface area (Å²) in [4.78, 5) is 4.03. The number of aromatic nitrogens is 1. The number of nitrogens with zero attached hydrogens (tertiary/aromatic N) is 1. The van der Waals surface area contributed by atoms with Crippen LogP contribution in [0.2, 0.25) is 0 Å². The highest BCUT2D eigenvalue weighted by Crippen LogP contribution is 2.29. The van der Waals surface area contributed by atoms with Gasteiger partial charge in [-0.05, 0) is 17.7 Å². The molecular weight excluding hydrogens is 239 g/mol. The van der Waals surface area contributed by atoms with Crippen LogP contribution in [-0.4, -0.2) is 10.2 Å². The van der Waals surface area contributed by atoms with Gasteiger partial charge < -0.3 is 10.2 Å². The number of benzene rings is 1. The predicted molar refractivity (Wildman–Crippen MR) is 65.2 cm³/mol. The molecule has 0 aliphatic rings. The molecule has 2 rings (SSSR count). The Kier molecular flexibility index (Phi) is 3.81. The van der Waals surface area contributed by atoms with E-state index in [1.54, 1.807) is 18.3 Å². The van der Waals surface area contributed by atoms with Gasteiger partial charge in [0.15, 0.2) is 0 Å². The Bertz CT molecular complexity index is 458. The quantitative estimate of drug-likeness (QED) is 0.850. The van der Waals surface area contributed by atoms with Crippen molar-refractivity contribution in [1.29, 1.82) is 0 Å². The largest absolute Gasteiger partial charge is 0.440 e. The highest BCUT2D eigenvalue weighted by Gasteiger charge is 2.17. The Labute approximate surface area is 103 Å². The van der Waals surface area contributed by atoms with Crippen molar-refractivity contribution in [1.82, 2.24) is 4.98 Å². The number of halogens is 1. The van der Waals surface area contributed by atoms with Crippen LogP contribution in [0.5, 0.6) is 0 Å². The number of nitrogens with two attached hydrogens (primary N) is 1. The zero-order valence-electron chi connectivity index (χ0n) is 9.34. The molecule has 0 radical (unpaired) electrons. The van der Waals surface area contributed by atoms with Crippen molar-refractivity contribution in [2.45, 2.75) is 23.4 Å². The molecule has 17 heavy (non-hydrogen) atoms. The molecule has 0 spiro atoms. The zero-order valence-corrected chi connectivity index (χ0v) is 10.2. The molecule has 2 N–H and O–H groups in total. The second-order valence-electron chi connectivity index (χ2n) is 3.70. The summed E-state index contributed by atoms with van der Waals surface area (Å²) in [5.74, 6) is -0.256. The summed E-state index contributed by atoms with van der Waals surface area (Å²) >= 11 is 1.46. The van der Waals surface area contributed by atoms with Gasteiger partial charge in [-0.2, -0.15) is 0 Å². The standard InChI is InChI=1S/C12H13FN2OS/c1-8(17-12-15-6-7-16-12)11(14)9-2-4-10(13)5-3-9/h2-8,11H,14H2,1H3.